The number of hydrogen-bond donors (Lipinski definition) is 0. The van der Waals surface area contributed by atoms with E-state index in [-0.39, 0.29) is 12.1 Å². The Kier molecular flexibility index (Phi) is 12.4. The molecule has 1 atom stereocenters. The van der Waals surface area contributed by atoms with Crippen LogP contribution in [0.1, 0.15) is 56.6 Å². The molecule has 0 aromatic heterocycles. The van der Waals surface area contributed by atoms with Crippen molar-refractivity contribution in [3.05, 3.63) is 59.7 Å². The Labute approximate surface area is 200 Å². The molecule has 2 aromatic rings. The molecule has 0 bridgehead atoms. The average molecular weight is 456 g/mol. The monoisotopic (exact) mass is 455 g/mol. The molecule has 0 amide bonds. The molecule has 0 saturated heterocycles. The third-order valence-corrected chi connectivity index (χ3v) is 5.59. The number of unbranched alkanes of at least 4 members (excludes halogenated alkanes) is 4. The molecule has 0 unspecified atom stereocenters. The molecule has 2 aromatic carbocycles. The molecular weight excluding hydrogens is 414 g/mol. The summed E-state index contributed by atoms with van der Waals surface area (Å²) in [6, 6.07) is 16.3. The van der Waals surface area contributed by atoms with Gasteiger partial charge in [0.25, 0.3) is 0 Å². The summed E-state index contributed by atoms with van der Waals surface area (Å²) >= 11 is 0. The fraction of sp³-hybridized carbons (Fsp3) is 0.536. The second-order valence-corrected chi connectivity index (χ2v) is 8.81. The Balaban J connectivity index is 1.88. The highest BCUT2D eigenvalue weighted by Crippen LogP contribution is 2.21. The number of methoxy groups -OCH3 is 1. The summed E-state index contributed by atoms with van der Waals surface area (Å²) in [6.07, 6.45) is 7.56. The van der Waals surface area contributed by atoms with Crippen molar-refractivity contribution in [2.24, 2.45) is 0 Å². The van der Waals surface area contributed by atoms with Crippen LogP contribution in [0, 0.1) is 0 Å². The van der Waals surface area contributed by atoms with Gasteiger partial charge in [0.2, 0.25) is 0 Å². The molecule has 0 aliphatic carbocycles. The normalized spacial score (nSPS) is 11.9. The largest absolute Gasteiger partial charge is 0.497 e. The van der Waals surface area contributed by atoms with E-state index in [0.717, 1.165) is 42.7 Å². The van der Waals surface area contributed by atoms with Crippen molar-refractivity contribution >= 4 is 5.97 Å². The lowest BCUT2D eigenvalue weighted by atomic mass is 10.0. The summed E-state index contributed by atoms with van der Waals surface area (Å²) < 4.78 is 17.2. The van der Waals surface area contributed by atoms with Crippen molar-refractivity contribution in [2.75, 3.05) is 34.4 Å². The Morgan fingerprint density at radius 1 is 0.939 bits per heavy atom. The first-order valence-electron chi connectivity index (χ1n) is 12.2. The van der Waals surface area contributed by atoms with E-state index in [1.54, 1.807) is 7.11 Å². The number of para-hydroxylation sites is 1. The van der Waals surface area contributed by atoms with Crippen molar-refractivity contribution in [2.45, 2.75) is 64.4 Å². The zero-order valence-corrected chi connectivity index (χ0v) is 20.8. The predicted octanol–water partition coefficient (Wildman–Crippen LogP) is 5.69. The first-order chi connectivity index (χ1) is 16.0. The third-order valence-electron chi connectivity index (χ3n) is 5.59. The lowest BCUT2D eigenvalue weighted by Gasteiger charge is -2.22. The number of hydrogen-bond acceptors (Lipinski definition) is 5. The van der Waals surface area contributed by atoms with Crippen LogP contribution in [0.15, 0.2) is 48.5 Å². The molecule has 0 aliphatic rings. The van der Waals surface area contributed by atoms with Gasteiger partial charge in [0, 0.05) is 13.0 Å². The highest BCUT2D eigenvalue weighted by molar-refractivity contribution is 5.69. The van der Waals surface area contributed by atoms with Crippen LogP contribution in [0.4, 0.5) is 0 Å². The van der Waals surface area contributed by atoms with E-state index in [1.807, 2.05) is 49.3 Å². The Hall–Kier alpha value is -2.53. The van der Waals surface area contributed by atoms with E-state index >= 15 is 0 Å². The molecule has 5 nitrogen and oxygen atoms in total. The van der Waals surface area contributed by atoms with Crippen LogP contribution < -0.4 is 9.47 Å². The number of ether oxygens (including phenoxy) is 3. The van der Waals surface area contributed by atoms with Crippen molar-refractivity contribution in [1.82, 2.24) is 4.90 Å². The summed E-state index contributed by atoms with van der Waals surface area (Å²) in [7, 11) is 5.64. The van der Waals surface area contributed by atoms with Gasteiger partial charge in [-0.1, -0.05) is 62.9 Å². The topological polar surface area (TPSA) is 48.0 Å². The zero-order valence-electron chi connectivity index (χ0n) is 20.8. The van der Waals surface area contributed by atoms with E-state index in [9.17, 15) is 4.79 Å². The van der Waals surface area contributed by atoms with Gasteiger partial charge in [0.15, 0.2) is 0 Å². The second kappa shape index (κ2) is 15.3. The van der Waals surface area contributed by atoms with E-state index < -0.39 is 0 Å². The summed E-state index contributed by atoms with van der Waals surface area (Å²) in [5.41, 5.74) is 2.41. The fourth-order valence-corrected chi connectivity index (χ4v) is 3.75. The van der Waals surface area contributed by atoms with Gasteiger partial charge in [-0.15, -0.1) is 0 Å². The minimum absolute atomic E-state index is 0.130. The molecule has 2 rings (SSSR count). The van der Waals surface area contributed by atoms with Gasteiger partial charge in [-0.2, -0.15) is 0 Å². The number of carbonyl (C=O) groups excluding carboxylic acids is 1. The molecule has 0 heterocycles. The van der Waals surface area contributed by atoms with Crippen molar-refractivity contribution in [1.29, 1.82) is 0 Å². The molecule has 33 heavy (non-hydrogen) atoms. The number of nitrogens with zero attached hydrogens (tertiary/aromatic N) is 1. The lowest BCUT2D eigenvalue weighted by Crippen LogP contribution is -2.35. The molecule has 0 spiro atoms. The molecule has 0 fully saturated rings. The van der Waals surface area contributed by atoms with Crippen molar-refractivity contribution in [3.8, 4) is 11.5 Å². The van der Waals surface area contributed by atoms with E-state index in [0.29, 0.717) is 19.6 Å². The average Bonchev–Trinajstić information content (AvgIpc) is 2.81. The van der Waals surface area contributed by atoms with Crippen LogP contribution in [0.3, 0.4) is 0 Å². The minimum atomic E-state index is -0.294. The molecule has 5 heteroatoms. The standard InChI is InChI=1S/C28H41NO4/c1-5-6-7-8-9-14-28(30)33-26(21-29(2)3)22-32-27-13-11-10-12-24(27)18-15-23-16-19-25(31-4)20-17-23/h10-13,16-17,19-20,26H,5-9,14-15,18,21-22H2,1-4H3/t26-/m0/s1. The Morgan fingerprint density at radius 3 is 2.36 bits per heavy atom. The maximum atomic E-state index is 12.3. The van der Waals surface area contributed by atoms with Crippen LogP contribution >= 0.6 is 0 Å². The molecule has 0 radical (unpaired) electrons. The van der Waals surface area contributed by atoms with Gasteiger partial charge in [0.1, 0.15) is 24.2 Å². The number of benzene rings is 2. The van der Waals surface area contributed by atoms with Gasteiger partial charge in [-0.3, -0.25) is 4.79 Å². The highest BCUT2D eigenvalue weighted by atomic mass is 16.6. The van der Waals surface area contributed by atoms with E-state index in [4.69, 9.17) is 14.2 Å². The number of rotatable bonds is 16. The smallest absolute Gasteiger partial charge is 0.306 e. The molecule has 0 saturated carbocycles. The number of esters is 1. The SMILES string of the molecule is CCCCCCCC(=O)O[C@H](COc1ccccc1CCc1ccc(OC)cc1)CN(C)C. The van der Waals surface area contributed by atoms with Gasteiger partial charge in [0.05, 0.1) is 7.11 Å². The van der Waals surface area contributed by atoms with Gasteiger partial charge in [-0.05, 0) is 62.7 Å². The molecule has 182 valence electrons. The second-order valence-electron chi connectivity index (χ2n) is 8.81. The highest BCUT2D eigenvalue weighted by Gasteiger charge is 2.17. The van der Waals surface area contributed by atoms with Crippen LogP contribution in [0.5, 0.6) is 11.5 Å². The lowest BCUT2D eigenvalue weighted by molar-refractivity contribution is -0.151. The minimum Gasteiger partial charge on any atom is -0.497 e. The molecule has 0 aliphatic heterocycles. The van der Waals surface area contributed by atoms with Crippen molar-refractivity contribution < 1.29 is 19.0 Å². The number of carbonyl (C=O) groups is 1. The summed E-state index contributed by atoms with van der Waals surface area (Å²) in [6.45, 7) is 3.17. The number of aryl methyl sites for hydroxylation is 2. The van der Waals surface area contributed by atoms with E-state index in [2.05, 4.69) is 25.1 Å². The first-order valence-corrected chi connectivity index (χ1v) is 12.2. The predicted molar refractivity (Wildman–Crippen MR) is 134 cm³/mol. The van der Waals surface area contributed by atoms with E-state index in [1.165, 1.54) is 24.8 Å². The Bertz CT molecular complexity index is 804. The molecular formula is C28H41NO4. The fourth-order valence-electron chi connectivity index (χ4n) is 3.75. The van der Waals surface area contributed by atoms with Crippen LogP contribution in [0.2, 0.25) is 0 Å². The van der Waals surface area contributed by atoms with Crippen LogP contribution in [0.25, 0.3) is 0 Å². The summed E-state index contributed by atoms with van der Waals surface area (Å²) in [5, 5.41) is 0. The third kappa shape index (κ3) is 10.8. The van der Waals surface area contributed by atoms with Gasteiger partial charge < -0.3 is 19.1 Å². The maximum absolute atomic E-state index is 12.3. The quantitative estimate of drug-likeness (QED) is 0.240. The summed E-state index contributed by atoms with van der Waals surface area (Å²) in [5.74, 6) is 1.59. The first kappa shape index (κ1) is 26.7. The number of likely N-dealkylation sites (N-methyl/N-ethyl adjacent to an activating group) is 1. The molecule has 0 N–H and O–H groups in total. The zero-order chi connectivity index (χ0) is 23.9. The Morgan fingerprint density at radius 2 is 1.67 bits per heavy atom. The summed E-state index contributed by atoms with van der Waals surface area (Å²) in [4.78, 5) is 14.4. The van der Waals surface area contributed by atoms with Crippen LogP contribution in [-0.2, 0) is 22.4 Å². The van der Waals surface area contributed by atoms with Crippen molar-refractivity contribution in [3.63, 3.8) is 0 Å². The van der Waals surface area contributed by atoms with Gasteiger partial charge in [-0.25, -0.2) is 0 Å². The van der Waals surface area contributed by atoms with Crippen LogP contribution in [-0.4, -0.2) is 51.3 Å². The maximum Gasteiger partial charge on any atom is 0.306 e. The van der Waals surface area contributed by atoms with Gasteiger partial charge >= 0.3 is 5.97 Å².